The van der Waals surface area contributed by atoms with Gasteiger partial charge in [-0.2, -0.15) is 0 Å². The van der Waals surface area contributed by atoms with Crippen molar-refractivity contribution in [3.05, 3.63) is 21.3 Å². The summed E-state index contributed by atoms with van der Waals surface area (Å²) in [7, 11) is 0. The fourth-order valence-electron chi connectivity index (χ4n) is 1.48. The molecule has 4 nitrogen and oxygen atoms in total. The predicted octanol–water partition coefficient (Wildman–Crippen LogP) is 2.56. The second kappa shape index (κ2) is 6.75. The van der Waals surface area contributed by atoms with Gasteiger partial charge >= 0.3 is 5.97 Å². The number of thiophene rings is 1. The highest BCUT2D eigenvalue weighted by Gasteiger charge is 2.23. The molecule has 1 amide bonds. The van der Waals surface area contributed by atoms with E-state index in [1.807, 2.05) is 6.07 Å². The minimum atomic E-state index is -1.00. The fourth-order valence-corrected chi connectivity index (χ4v) is 2.57. The molecule has 0 bridgehead atoms. The Labute approximate surface area is 115 Å². The van der Waals surface area contributed by atoms with Crippen LogP contribution in [0.15, 0.2) is 12.1 Å². The van der Waals surface area contributed by atoms with Crippen molar-refractivity contribution >= 4 is 34.8 Å². The Morgan fingerprint density at radius 3 is 2.56 bits per heavy atom. The highest BCUT2D eigenvalue weighted by atomic mass is 35.5. The maximum absolute atomic E-state index is 11.6. The van der Waals surface area contributed by atoms with Crippen molar-refractivity contribution in [2.45, 2.75) is 32.7 Å². The first-order chi connectivity index (χ1) is 8.40. The van der Waals surface area contributed by atoms with Gasteiger partial charge in [0.15, 0.2) is 0 Å². The summed E-state index contributed by atoms with van der Waals surface area (Å²) in [6, 6.07) is 2.83. The average Bonchev–Trinajstić information content (AvgIpc) is 2.68. The van der Waals surface area contributed by atoms with E-state index in [1.54, 1.807) is 19.9 Å². The summed E-state index contributed by atoms with van der Waals surface area (Å²) < 4.78 is 0.691. The molecule has 0 saturated carbocycles. The van der Waals surface area contributed by atoms with E-state index in [9.17, 15) is 9.59 Å². The van der Waals surface area contributed by atoms with Crippen molar-refractivity contribution in [3.63, 3.8) is 0 Å². The number of rotatable bonds is 6. The van der Waals surface area contributed by atoms with Crippen LogP contribution >= 0.6 is 22.9 Å². The molecule has 0 aliphatic heterocycles. The van der Waals surface area contributed by atoms with Gasteiger partial charge in [-0.15, -0.1) is 11.3 Å². The third kappa shape index (κ3) is 4.66. The molecular weight excluding hydrogens is 274 g/mol. The number of carbonyl (C=O) groups excluding carboxylic acids is 1. The van der Waals surface area contributed by atoms with Crippen molar-refractivity contribution in [2.24, 2.45) is 5.92 Å². The minimum absolute atomic E-state index is 0.136. The zero-order chi connectivity index (χ0) is 13.7. The summed E-state index contributed by atoms with van der Waals surface area (Å²) in [5.41, 5.74) is 0. The van der Waals surface area contributed by atoms with Crippen molar-refractivity contribution in [1.29, 1.82) is 0 Å². The largest absolute Gasteiger partial charge is 0.480 e. The number of nitrogens with one attached hydrogen (secondary N) is 1. The quantitative estimate of drug-likeness (QED) is 0.846. The van der Waals surface area contributed by atoms with Gasteiger partial charge < -0.3 is 10.4 Å². The second-order valence-corrected chi connectivity index (χ2v) is 6.13. The van der Waals surface area contributed by atoms with E-state index < -0.39 is 12.0 Å². The molecule has 1 rings (SSSR count). The van der Waals surface area contributed by atoms with Crippen molar-refractivity contribution in [3.8, 4) is 0 Å². The van der Waals surface area contributed by atoms with Crippen molar-refractivity contribution in [1.82, 2.24) is 5.32 Å². The first-order valence-corrected chi connectivity index (χ1v) is 6.86. The molecule has 0 saturated heterocycles. The number of aryl methyl sites for hydroxylation is 1. The van der Waals surface area contributed by atoms with Gasteiger partial charge in [0.25, 0.3) is 0 Å². The number of aliphatic carboxylic acids is 1. The lowest BCUT2D eigenvalue weighted by Gasteiger charge is -2.17. The van der Waals surface area contributed by atoms with Gasteiger partial charge in [0.1, 0.15) is 6.04 Å². The third-order valence-corrected chi connectivity index (χ3v) is 3.77. The van der Waals surface area contributed by atoms with E-state index in [4.69, 9.17) is 16.7 Å². The van der Waals surface area contributed by atoms with Crippen molar-refractivity contribution < 1.29 is 14.7 Å². The van der Waals surface area contributed by atoms with Crippen LogP contribution in [-0.4, -0.2) is 23.0 Å². The van der Waals surface area contributed by atoms with Gasteiger partial charge in [0.2, 0.25) is 5.91 Å². The van der Waals surface area contributed by atoms with Gasteiger partial charge in [-0.25, -0.2) is 4.79 Å². The molecule has 1 unspecified atom stereocenters. The van der Waals surface area contributed by atoms with E-state index >= 15 is 0 Å². The van der Waals surface area contributed by atoms with E-state index in [2.05, 4.69) is 5.32 Å². The number of hydrogen-bond donors (Lipinski definition) is 2. The number of hydrogen-bond acceptors (Lipinski definition) is 3. The lowest BCUT2D eigenvalue weighted by molar-refractivity contribution is -0.143. The number of carboxylic acids is 1. The monoisotopic (exact) mass is 289 g/mol. The molecule has 1 heterocycles. The average molecular weight is 290 g/mol. The molecule has 0 radical (unpaired) electrons. The van der Waals surface area contributed by atoms with Crippen LogP contribution in [0.4, 0.5) is 0 Å². The first kappa shape index (κ1) is 15.0. The number of amides is 1. The van der Waals surface area contributed by atoms with E-state index in [0.717, 1.165) is 4.88 Å². The van der Waals surface area contributed by atoms with E-state index in [-0.39, 0.29) is 18.2 Å². The Bertz CT molecular complexity index is 431. The molecule has 0 spiro atoms. The van der Waals surface area contributed by atoms with Crippen LogP contribution < -0.4 is 5.32 Å². The second-order valence-electron chi connectivity index (χ2n) is 4.33. The van der Waals surface area contributed by atoms with Crippen LogP contribution in [0.1, 0.15) is 25.1 Å². The molecule has 1 atom stereocenters. The number of carboxylic acid groups (broad SMARTS) is 1. The summed E-state index contributed by atoms with van der Waals surface area (Å²) >= 11 is 7.21. The molecule has 18 heavy (non-hydrogen) atoms. The highest BCUT2D eigenvalue weighted by Crippen LogP contribution is 2.22. The molecule has 0 aliphatic carbocycles. The van der Waals surface area contributed by atoms with Crippen molar-refractivity contribution in [2.75, 3.05) is 0 Å². The van der Waals surface area contributed by atoms with Crippen LogP contribution in [-0.2, 0) is 16.0 Å². The third-order valence-electron chi connectivity index (χ3n) is 2.48. The van der Waals surface area contributed by atoms with Crippen LogP contribution in [0.5, 0.6) is 0 Å². The summed E-state index contributed by atoms with van der Waals surface area (Å²) in [6.07, 6.45) is 0.848. The molecule has 0 aliphatic rings. The van der Waals surface area contributed by atoms with Gasteiger partial charge in [0.05, 0.1) is 4.34 Å². The molecule has 1 aromatic heterocycles. The Balaban J connectivity index is 2.43. The van der Waals surface area contributed by atoms with Crippen LogP contribution in [0.25, 0.3) is 0 Å². The molecule has 0 fully saturated rings. The molecule has 0 aromatic carbocycles. The topological polar surface area (TPSA) is 66.4 Å². The summed E-state index contributed by atoms with van der Waals surface area (Å²) in [4.78, 5) is 23.6. The molecular formula is C12H16ClNO3S. The zero-order valence-corrected chi connectivity index (χ0v) is 11.8. The number of halogens is 1. The minimum Gasteiger partial charge on any atom is -0.480 e. The van der Waals surface area contributed by atoms with E-state index in [0.29, 0.717) is 10.8 Å². The smallest absolute Gasteiger partial charge is 0.326 e. The van der Waals surface area contributed by atoms with Crippen LogP contribution in [0.3, 0.4) is 0 Å². The lowest BCUT2D eigenvalue weighted by atomic mass is 10.0. The molecule has 100 valence electrons. The molecule has 1 aromatic rings. The van der Waals surface area contributed by atoms with Gasteiger partial charge in [-0.05, 0) is 24.5 Å². The van der Waals surface area contributed by atoms with Gasteiger partial charge in [0, 0.05) is 11.3 Å². The summed E-state index contributed by atoms with van der Waals surface area (Å²) in [6.45, 7) is 3.52. The Kier molecular flexibility index (Phi) is 5.62. The summed E-state index contributed by atoms with van der Waals surface area (Å²) in [5, 5.41) is 11.5. The molecule has 6 heteroatoms. The Morgan fingerprint density at radius 1 is 1.44 bits per heavy atom. The maximum Gasteiger partial charge on any atom is 0.326 e. The van der Waals surface area contributed by atoms with Crippen LogP contribution in [0.2, 0.25) is 4.34 Å². The normalized spacial score (nSPS) is 12.4. The summed E-state index contributed by atoms with van der Waals surface area (Å²) in [5.74, 6) is -1.39. The Morgan fingerprint density at radius 2 is 2.11 bits per heavy atom. The van der Waals surface area contributed by atoms with Gasteiger partial charge in [-0.1, -0.05) is 25.4 Å². The fraction of sp³-hybridized carbons (Fsp3) is 0.500. The SMILES string of the molecule is CC(C)C(NC(=O)CCc1ccc(Cl)s1)C(=O)O. The Hall–Kier alpha value is -1.07. The van der Waals surface area contributed by atoms with E-state index in [1.165, 1.54) is 11.3 Å². The first-order valence-electron chi connectivity index (χ1n) is 5.66. The maximum atomic E-state index is 11.6. The highest BCUT2D eigenvalue weighted by molar-refractivity contribution is 7.16. The predicted molar refractivity (Wildman–Crippen MR) is 72.1 cm³/mol. The zero-order valence-electron chi connectivity index (χ0n) is 10.3. The molecule has 2 N–H and O–H groups in total. The van der Waals surface area contributed by atoms with Gasteiger partial charge in [-0.3, -0.25) is 4.79 Å². The van der Waals surface area contributed by atoms with Crippen LogP contribution in [0, 0.1) is 5.92 Å². The number of carbonyl (C=O) groups is 2. The lowest BCUT2D eigenvalue weighted by Crippen LogP contribution is -2.44. The standard InChI is InChI=1S/C12H16ClNO3S/c1-7(2)11(12(16)17)14-10(15)6-4-8-3-5-9(13)18-8/h3,5,7,11H,4,6H2,1-2H3,(H,14,15)(H,16,17).